The average molecular weight is 232 g/mol. The highest BCUT2D eigenvalue weighted by atomic mass is 19.1. The molecule has 17 heavy (non-hydrogen) atoms. The number of alkyl halides is 1. The van der Waals surface area contributed by atoms with Gasteiger partial charge >= 0.3 is 0 Å². The average Bonchev–Trinajstić information content (AvgIpc) is 2.87. The number of H-pyrrole nitrogens is 1. The molecule has 3 rings (SSSR count). The number of piperidine rings is 1. The molecule has 0 bridgehead atoms. The lowest BCUT2D eigenvalue weighted by Crippen LogP contribution is -2.32. The van der Waals surface area contributed by atoms with Crippen molar-refractivity contribution in [2.24, 2.45) is 5.92 Å². The van der Waals surface area contributed by atoms with E-state index < -0.39 is 6.17 Å². The van der Waals surface area contributed by atoms with E-state index in [-0.39, 0.29) is 5.92 Å². The molecule has 1 aliphatic heterocycles. The highest BCUT2D eigenvalue weighted by Gasteiger charge is 2.25. The molecule has 1 saturated heterocycles. The molecule has 1 aromatic heterocycles. The predicted octanol–water partition coefficient (Wildman–Crippen LogP) is 3.18. The van der Waals surface area contributed by atoms with E-state index in [1.807, 2.05) is 30.5 Å². The van der Waals surface area contributed by atoms with Crippen LogP contribution in [0.2, 0.25) is 0 Å². The highest BCUT2D eigenvalue weighted by Crippen LogP contribution is 2.34. The van der Waals surface area contributed by atoms with Gasteiger partial charge in [0.2, 0.25) is 0 Å². The monoisotopic (exact) mass is 232 g/mol. The minimum Gasteiger partial charge on any atom is -0.361 e. The van der Waals surface area contributed by atoms with Gasteiger partial charge in [0.1, 0.15) is 6.17 Å². The quantitative estimate of drug-likeness (QED) is 0.817. The highest BCUT2D eigenvalue weighted by molar-refractivity contribution is 5.83. The molecule has 3 heteroatoms. The number of aromatic nitrogens is 1. The van der Waals surface area contributed by atoms with Crippen LogP contribution in [0.15, 0.2) is 30.5 Å². The van der Waals surface area contributed by atoms with E-state index in [0.717, 1.165) is 42.4 Å². The van der Waals surface area contributed by atoms with Crippen molar-refractivity contribution in [1.29, 1.82) is 0 Å². The molecule has 2 unspecified atom stereocenters. The number of rotatable bonds is 2. The molecule has 2 atom stereocenters. The van der Waals surface area contributed by atoms with Gasteiger partial charge in [0.15, 0.2) is 0 Å². The third kappa shape index (κ3) is 1.95. The van der Waals surface area contributed by atoms with Crippen molar-refractivity contribution in [3.05, 3.63) is 36.0 Å². The zero-order valence-corrected chi connectivity index (χ0v) is 9.75. The largest absolute Gasteiger partial charge is 0.361 e. The fourth-order valence-corrected chi connectivity index (χ4v) is 2.73. The van der Waals surface area contributed by atoms with Crippen molar-refractivity contribution < 1.29 is 4.39 Å². The van der Waals surface area contributed by atoms with E-state index >= 15 is 0 Å². The summed E-state index contributed by atoms with van der Waals surface area (Å²) in [6.45, 7) is 1.82. The van der Waals surface area contributed by atoms with Crippen molar-refractivity contribution in [2.45, 2.75) is 19.0 Å². The zero-order valence-electron chi connectivity index (χ0n) is 9.75. The molecule has 2 nitrogen and oxygen atoms in total. The maximum Gasteiger partial charge on any atom is 0.130 e. The molecule has 1 aliphatic rings. The van der Waals surface area contributed by atoms with Gasteiger partial charge < -0.3 is 10.3 Å². The van der Waals surface area contributed by atoms with Crippen LogP contribution < -0.4 is 5.32 Å². The van der Waals surface area contributed by atoms with Crippen LogP contribution in [0.25, 0.3) is 10.9 Å². The molecular weight excluding hydrogens is 215 g/mol. The van der Waals surface area contributed by atoms with Crippen LogP contribution in [0.4, 0.5) is 4.39 Å². The number of halogens is 1. The second-order valence-corrected chi connectivity index (χ2v) is 4.79. The lowest BCUT2D eigenvalue weighted by atomic mass is 9.89. The standard InChI is InChI=1S/C14H17FN2/c15-14(10-3-2-7-16-9-10)12-4-1-5-13-11(12)6-8-17-13/h1,4-6,8,10,14,16-17H,2-3,7,9H2. The Bertz CT molecular complexity index is 500. The van der Waals surface area contributed by atoms with Crippen LogP contribution in [0, 0.1) is 5.92 Å². The van der Waals surface area contributed by atoms with E-state index in [0.29, 0.717) is 0 Å². The van der Waals surface area contributed by atoms with Crippen molar-refractivity contribution in [2.75, 3.05) is 13.1 Å². The van der Waals surface area contributed by atoms with E-state index in [4.69, 9.17) is 0 Å². The lowest BCUT2D eigenvalue weighted by Gasteiger charge is -2.26. The third-order valence-corrected chi connectivity index (χ3v) is 3.67. The molecule has 0 aliphatic carbocycles. The van der Waals surface area contributed by atoms with Gasteiger partial charge in [-0.05, 0) is 37.1 Å². The predicted molar refractivity (Wildman–Crippen MR) is 67.7 cm³/mol. The molecule has 0 radical (unpaired) electrons. The number of benzene rings is 1. The lowest BCUT2D eigenvalue weighted by molar-refractivity contribution is 0.196. The fourth-order valence-electron chi connectivity index (χ4n) is 2.73. The van der Waals surface area contributed by atoms with Crippen molar-refractivity contribution >= 4 is 10.9 Å². The summed E-state index contributed by atoms with van der Waals surface area (Å²) in [7, 11) is 0. The summed E-state index contributed by atoms with van der Waals surface area (Å²) < 4.78 is 14.6. The number of hydrogen-bond donors (Lipinski definition) is 2. The van der Waals surface area contributed by atoms with Crippen LogP contribution >= 0.6 is 0 Å². The smallest absolute Gasteiger partial charge is 0.130 e. The van der Waals surface area contributed by atoms with E-state index in [9.17, 15) is 4.39 Å². The second kappa shape index (κ2) is 4.49. The van der Waals surface area contributed by atoms with Gasteiger partial charge in [0.25, 0.3) is 0 Å². The molecule has 2 N–H and O–H groups in total. The summed E-state index contributed by atoms with van der Waals surface area (Å²) in [5.41, 5.74) is 1.85. The van der Waals surface area contributed by atoms with Crippen molar-refractivity contribution in [3.63, 3.8) is 0 Å². The molecule has 1 aromatic carbocycles. The minimum atomic E-state index is -0.859. The summed E-state index contributed by atoms with van der Waals surface area (Å²) >= 11 is 0. The van der Waals surface area contributed by atoms with Gasteiger partial charge in [0.05, 0.1) is 0 Å². The van der Waals surface area contributed by atoms with Crippen LogP contribution in [-0.4, -0.2) is 18.1 Å². The Balaban J connectivity index is 1.94. The Kier molecular flexibility index (Phi) is 2.85. The first-order valence-electron chi connectivity index (χ1n) is 6.27. The van der Waals surface area contributed by atoms with Crippen LogP contribution in [0.1, 0.15) is 24.6 Å². The normalized spacial score (nSPS) is 22.8. The first kappa shape index (κ1) is 10.8. The first-order valence-corrected chi connectivity index (χ1v) is 6.27. The Morgan fingerprint density at radius 3 is 3.06 bits per heavy atom. The van der Waals surface area contributed by atoms with Gasteiger partial charge in [-0.25, -0.2) is 4.39 Å². The minimum absolute atomic E-state index is 0.115. The molecule has 1 fully saturated rings. The van der Waals surface area contributed by atoms with Gasteiger partial charge in [-0.3, -0.25) is 0 Å². The van der Waals surface area contributed by atoms with Crippen LogP contribution in [-0.2, 0) is 0 Å². The summed E-state index contributed by atoms with van der Waals surface area (Å²) in [6.07, 6.45) is 3.07. The molecule has 90 valence electrons. The van der Waals surface area contributed by atoms with Gasteiger partial charge in [0, 0.05) is 29.6 Å². The summed E-state index contributed by atoms with van der Waals surface area (Å²) in [4.78, 5) is 3.14. The van der Waals surface area contributed by atoms with Crippen LogP contribution in [0.5, 0.6) is 0 Å². The Hall–Kier alpha value is -1.35. The molecular formula is C14H17FN2. The topological polar surface area (TPSA) is 27.8 Å². The summed E-state index contributed by atoms with van der Waals surface area (Å²) in [6, 6.07) is 7.80. The van der Waals surface area contributed by atoms with Crippen LogP contribution in [0.3, 0.4) is 0 Å². The molecule has 0 spiro atoms. The number of aromatic amines is 1. The van der Waals surface area contributed by atoms with Crippen molar-refractivity contribution in [1.82, 2.24) is 10.3 Å². The van der Waals surface area contributed by atoms with Gasteiger partial charge in [-0.2, -0.15) is 0 Å². The number of nitrogens with one attached hydrogen (secondary N) is 2. The Morgan fingerprint density at radius 2 is 2.24 bits per heavy atom. The maximum absolute atomic E-state index is 14.6. The maximum atomic E-state index is 14.6. The van der Waals surface area contributed by atoms with E-state index in [1.165, 1.54) is 0 Å². The van der Waals surface area contributed by atoms with E-state index in [2.05, 4.69) is 10.3 Å². The van der Waals surface area contributed by atoms with Gasteiger partial charge in [-0.1, -0.05) is 12.1 Å². The third-order valence-electron chi connectivity index (χ3n) is 3.67. The Morgan fingerprint density at radius 1 is 1.29 bits per heavy atom. The molecule has 0 saturated carbocycles. The first-order chi connectivity index (χ1) is 8.36. The molecule has 2 aromatic rings. The summed E-state index contributed by atoms with van der Waals surface area (Å²) in [5.74, 6) is 0.115. The SMILES string of the molecule is FC(c1cccc2[nH]ccc12)C1CCCNC1. The molecule has 0 amide bonds. The molecule has 2 heterocycles. The van der Waals surface area contributed by atoms with Crippen molar-refractivity contribution in [3.8, 4) is 0 Å². The zero-order chi connectivity index (χ0) is 11.7. The second-order valence-electron chi connectivity index (χ2n) is 4.79. The number of hydrogen-bond acceptors (Lipinski definition) is 1. The summed E-state index contributed by atoms with van der Waals surface area (Å²) in [5, 5.41) is 4.30. The Labute approximate surface area is 100 Å². The van der Waals surface area contributed by atoms with Gasteiger partial charge in [-0.15, -0.1) is 0 Å². The van der Waals surface area contributed by atoms with E-state index in [1.54, 1.807) is 0 Å². The number of fused-ring (bicyclic) bond motifs is 1. The fraction of sp³-hybridized carbons (Fsp3) is 0.429.